The van der Waals surface area contributed by atoms with Gasteiger partial charge in [0.2, 0.25) is 5.13 Å². The van der Waals surface area contributed by atoms with E-state index < -0.39 is 0 Å². The fraction of sp³-hybridized carbons (Fsp3) is 0.478. The van der Waals surface area contributed by atoms with Gasteiger partial charge in [0.15, 0.2) is 11.5 Å². The fourth-order valence-corrected chi connectivity index (χ4v) is 4.11. The average molecular weight is 460 g/mol. The van der Waals surface area contributed by atoms with Gasteiger partial charge in [0.25, 0.3) is 0 Å². The molecule has 0 bridgehead atoms. The summed E-state index contributed by atoms with van der Waals surface area (Å²) in [5.41, 5.74) is 4.27. The van der Waals surface area contributed by atoms with Crippen molar-refractivity contribution >= 4 is 34.6 Å². The first-order valence-corrected chi connectivity index (χ1v) is 11.8. The van der Waals surface area contributed by atoms with Crippen LogP contribution in [-0.2, 0) is 20.7 Å². The molecule has 0 spiro atoms. The van der Waals surface area contributed by atoms with Gasteiger partial charge in [0.1, 0.15) is 0 Å². The van der Waals surface area contributed by atoms with E-state index in [9.17, 15) is 9.59 Å². The Morgan fingerprint density at radius 3 is 2.75 bits per heavy atom. The van der Waals surface area contributed by atoms with Gasteiger partial charge in [-0.3, -0.25) is 15.0 Å². The first-order valence-electron chi connectivity index (χ1n) is 11.0. The molecule has 3 rings (SSSR count). The summed E-state index contributed by atoms with van der Waals surface area (Å²) in [5.74, 6) is 0.412. The molecule has 1 aliphatic carbocycles. The third-order valence-corrected chi connectivity index (χ3v) is 5.77. The van der Waals surface area contributed by atoms with Gasteiger partial charge in [-0.05, 0) is 50.5 Å². The highest BCUT2D eigenvalue weighted by Gasteiger charge is 2.24. The van der Waals surface area contributed by atoms with Crippen molar-refractivity contribution in [1.82, 2.24) is 4.98 Å². The van der Waals surface area contributed by atoms with Gasteiger partial charge in [-0.15, -0.1) is 11.3 Å². The molecule has 0 aliphatic heterocycles. The smallest absolute Gasteiger partial charge is 0.314 e. The Labute approximate surface area is 192 Å². The Morgan fingerprint density at radius 2 is 2.00 bits per heavy atom. The number of ether oxygens (including phenoxy) is 3. The highest BCUT2D eigenvalue weighted by molar-refractivity contribution is 7.13. The second-order valence-electron chi connectivity index (χ2n) is 7.39. The van der Waals surface area contributed by atoms with E-state index in [2.05, 4.69) is 15.5 Å². The number of carbonyl (C=O) groups excluding carboxylic acids is 2. The Balaban J connectivity index is 1.60. The van der Waals surface area contributed by atoms with Gasteiger partial charge in [-0.1, -0.05) is 19.3 Å². The standard InChI is InChI=1S/C23H29N3O5S/c1-3-29-20-12-16(10-11-19(20)31-22(28)17-8-6-5-7-9-17)14-24-26-23-25-18(15-32-23)13-21(27)30-4-2/h10-12,14-15,17H,3-9,13H2,1-2H3,(H,25,26). The van der Waals surface area contributed by atoms with Gasteiger partial charge in [-0.2, -0.15) is 5.10 Å². The van der Waals surface area contributed by atoms with Crippen molar-refractivity contribution in [3.8, 4) is 11.5 Å². The molecule has 0 atom stereocenters. The van der Waals surface area contributed by atoms with E-state index in [-0.39, 0.29) is 24.3 Å². The van der Waals surface area contributed by atoms with Crippen LogP contribution in [-0.4, -0.2) is 36.4 Å². The molecule has 1 aliphatic rings. The van der Waals surface area contributed by atoms with E-state index in [0.717, 1.165) is 31.2 Å². The van der Waals surface area contributed by atoms with E-state index in [1.165, 1.54) is 17.8 Å². The molecular weight excluding hydrogens is 430 g/mol. The topological polar surface area (TPSA) is 99.1 Å². The lowest BCUT2D eigenvalue weighted by Crippen LogP contribution is -2.23. The zero-order valence-corrected chi connectivity index (χ0v) is 19.3. The van der Waals surface area contributed by atoms with Crippen LogP contribution in [0.1, 0.15) is 57.2 Å². The Hall–Kier alpha value is -2.94. The number of nitrogens with one attached hydrogen (secondary N) is 1. The first kappa shape index (κ1) is 23.7. The van der Waals surface area contributed by atoms with Crippen molar-refractivity contribution in [3.05, 3.63) is 34.8 Å². The van der Waals surface area contributed by atoms with Crippen LogP contribution in [0.25, 0.3) is 0 Å². The lowest BCUT2D eigenvalue weighted by molar-refractivity contribution is -0.142. The molecule has 1 aromatic carbocycles. The molecule has 0 saturated heterocycles. The largest absolute Gasteiger partial charge is 0.490 e. The molecule has 1 N–H and O–H groups in total. The quantitative estimate of drug-likeness (QED) is 0.240. The maximum atomic E-state index is 12.5. The molecule has 1 fully saturated rings. The maximum Gasteiger partial charge on any atom is 0.314 e. The highest BCUT2D eigenvalue weighted by atomic mass is 32.1. The van der Waals surface area contributed by atoms with Crippen molar-refractivity contribution in [1.29, 1.82) is 0 Å². The van der Waals surface area contributed by atoms with Crippen molar-refractivity contribution in [2.24, 2.45) is 11.0 Å². The second kappa shape index (κ2) is 12.2. The summed E-state index contributed by atoms with van der Waals surface area (Å²) in [4.78, 5) is 28.3. The number of hydrogen-bond donors (Lipinski definition) is 1. The minimum absolute atomic E-state index is 0.0318. The molecule has 1 aromatic heterocycles. The van der Waals surface area contributed by atoms with E-state index >= 15 is 0 Å². The number of aromatic nitrogens is 1. The predicted octanol–water partition coefficient (Wildman–Crippen LogP) is 4.58. The molecular formula is C23H29N3O5S. The molecule has 9 heteroatoms. The van der Waals surface area contributed by atoms with Crippen LogP contribution in [0.3, 0.4) is 0 Å². The van der Waals surface area contributed by atoms with Crippen LogP contribution in [0.2, 0.25) is 0 Å². The molecule has 1 heterocycles. The monoisotopic (exact) mass is 459 g/mol. The zero-order chi connectivity index (χ0) is 22.8. The maximum absolute atomic E-state index is 12.5. The van der Waals surface area contributed by atoms with Crippen LogP contribution >= 0.6 is 11.3 Å². The molecule has 0 unspecified atom stereocenters. The SMILES string of the molecule is CCOC(=O)Cc1csc(NN=Cc2ccc(OC(=O)C3CCCCC3)c(OCC)c2)n1. The van der Waals surface area contributed by atoms with Crippen LogP contribution in [0, 0.1) is 5.92 Å². The lowest BCUT2D eigenvalue weighted by Gasteiger charge is -2.20. The van der Waals surface area contributed by atoms with Crippen LogP contribution in [0.4, 0.5) is 5.13 Å². The molecule has 8 nitrogen and oxygen atoms in total. The first-order chi connectivity index (χ1) is 15.6. The number of anilines is 1. The summed E-state index contributed by atoms with van der Waals surface area (Å²) in [6.07, 6.45) is 6.86. The summed E-state index contributed by atoms with van der Waals surface area (Å²) in [6.45, 7) is 4.45. The summed E-state index contributed by atoms with van der Waals surface area (Å²) < 4.78 is 16.3. The molecule has 32 heavy (non-hydrogen) atoms. The molecule has 0 radical (unpaired) electrons. The normalized spacial score (nSPS) is 14.3. The van der Waals surface area contributed by atoms with Gasteiger partial charge in [-0.25, -0.2) is 4.98 Å². The number of thiazole rings is 1. The number of carbonyl (C=O) groups is 2. The fourth-order valence-electron chi connectivity index (χ4n) is 3.45. The minimum Gasteiger partial charge on any atom is -0.490 e. The number of rotatable bonds is 10. The number of esters is 2. The number of nitrogens with zero attached hydrogens (tertiary/aromatic N) is 2. The Kier molecular flexibility index (Phi) is 9.03. The number of hydrogen-bond acceptors (Lipinski definition) is 9. The highest BCUT2D eigenvalue weighted by Crippen LogP contribution is 2.31. The minimum atomic E-state index is -0.305. The van der Waals surface area contributed by atoms with Crippen LogP contribution in [0.5, 0.6) is 11.5 Å². The summed E-state index contributed by atoms with van der Waals surface area (Å²) in [6, 6.07) is 5.32. The third-order valence-electron chi connectivity index (χ3n) is 4.97. The number of benzene rings is 1. The van der Waals surface area contributed by atoms with Crippen LogP contribution in [0.15, 0.2) is 28.7 Å². The zero-order valence-electron chi connectivity index (χ0n) is 18.5. The lowest BCUT2D eigenvalue weighted by atomic mass is 9.89. The predicted molar refractivity (Wildman–Crippen MR) is 123 cm³/mol. The van der Waals surface area contributed by atoms with E-state index in [0.29, 0.717) is 35.5 Å². The van der Waals surface area contributed by atoms with Gasteiger partial charge >= 0.3 is 11.9 Å². The van der Waals surface area contributed by atoms with E-state index in [4.69, 9.17) is 14.2 Å². The van der Waals surface area contributed by atoms with Gasteiger partial charge in [0.05, 0.1) is 37.5 Å². The van der Waals surface area contributed by atoms with Crippen LogP contribution < -0.4 is 14.9 Å². The summed E-state index contributed by atoms with van der Waals surface area (Å²) >= 11 is 1.35. The van der Waals surface area contributed by atoms with Crippen molar-refractivity contribution in [2.75, 3.05) is 18.6 Å². The Bertz CT molecular complexity index is 937. The molecule has 0 amide bonds. The molecule has 172 valence electrons. The van der Waals surface area contributed by atoms with E-state index in [1.807, 2.05) is 13.0 Å². The average Bonchev–Trinajstić information content (AvgIpc) is 3.23. The third kappa shape index (κ3) is 7.05. The van der Waals surface area contributed by atoms with Crippen molar-refractivity contribution in [2.45, 2.75) is 52.4 Å². The van der Waals surface area contributed by atoms with Gasteiger partial charge < -0.3 is 14.2 Å². The van der Waals surface area contributed by atoms with E-state index in [1.54, 1.807) is 30.7 Å². The van der Waals surface area contributed by atoms with Crippen molar-refractivity contribution < 1.29 is 23.8 Å². The van der Waals surface area contributed by atoms with Crippen molar-refractivity contribution in [3.63, 3.8) is 0 Å². The van der Waals surface area contributed by atoms with Gasteiger partial charge in [0, 0.05) is 5.38 Å². The molecule has 2 aromatic rings. The summed E-state index contributed by atoms with van der Waals surface area (Å²) in [5, 5.41) is 6.56. The summed E-state index contributed by atoms with van der Waals surface area (Å²) in [7, 11) is 0. The number of hydrazone groups is 1. The Morgan fingerprint density at radius 1 is 1.19 bits per heavy atom. The molecule has 1 saturated carbocycles. The second-order valence-corrected chi connectivity index (χ2v) is 8.25.